The SMILES string of the molecule is O=S1(=O)CCN(CN2CCNCC2)CC1. The minimum atomic E-state index is -2.73. The van der Waals surface area contributed by atoms with E-state index in [0.717, 1.165) is 32.8 Å². The Kier molecular flexibility index (Phi) is 3.60. The van der Waals surface area contributed by atoms with Crippen LogP contribution in [0, 0.1) is 0 Å². The van der Waals surface area contributed by atoms with E-state index < -0.39 is 9.84 Å². The lowest BCUT2D eigenvalue weighted by molar-refractivity contribution is 0.126. The van der Waals surface area contributed by atoms with Gasteiger partial charge in [-0.25, -0.2) is 8.42 Å². The molecule has 0 unspecified atom stereocenters. The summed E-state index contributed by atoms with van der Waals surface area (Å²) in [6.07, 6.45) is 0. The van der Waals surface area contributed by atoms with E-state index in [0.29, 0.717) is 24.6 Å². The van der Waals surface area contributed by atoms with Crippen molar-refractivity contribution in [1.82, 2.24) is 15.1 Å². The predicted octanol–water partition coefficient (Wildman–Crippen LogP) is -1.42. The highest BCUT2D eigenvalue weighted by Gasteiger charge is 2.23. The minimum Gasteiger partial charge on any atom is -0.314 e. The first-order chi connectivity index (χ1) is 7.16. The van der Waals surface area contributed by atoms with Crippen LogP contribution in [0.5, 0.6) is 0 Å². The number of rotatable bonds is 2. The van der Waals surface area contributed by atoms with E-state index in [4.69, 9.17) is 0 Å². The molecule has 0 aliphatic carbocycles. The average Bonchev–Trinajstić information content (AvgIpc) is 2.23. The van der Waals surface area contributed by atoms with E-state index in [9.17, 15) is 8.42 Å². The molecule has 2 rings (SSSR count). The molecule has 0 aromatic heterocycles. The third kappa shape index (κ3) is 3.41. The lowest BCUT2D eigenvalue weighted by atomic mass is 10.4. The molecule has 0 amide bonds. The Hall–Kier alpha value is -0.170. The van der Waals surface area contributed by atoms with Crippen LogP contribution in [0.2, 0.25) is 0 Å². The van der Waals surface area contributed by atoms with Crippen LogP contribution in [0.3, 0.4) is 0 Å². The second-order valence-corrected chi connectivity index (χ2v) is 6.58. The molecule has 2 aliphatic heterocycles. The fourth-order valence-corrected chi connectivity index (χ4v) is 3.30. The first-order valence-corrected chi connectivity index (χ1v) is 7.34. The highest BCUT2D eigenvalue weighted by Crippen LogP contribution is 2.05. The molecular weight excluding hydrogens is 214 g/mol. The van der Waals surface area contributed by atoms with Gasteiger partial charge in [0.2, 0.25) is 0 Å². The van der Waals surface area contributed by atoms with Crippen molar-refractivity contribution in [3.8, 4) is 0 Å². The fourth-order valence-electron chi connectivity index (χ4n) is 2.03. The largest absolute Gasteiger partial charge is 0.314 e. The second kappa shape index (κ2) is 4.78. The zero-order valence-corrected chi connectivity index (χ0v) is 9.80. The first-order valence-electron chi connectivity index (χ1n) is 5.52. The summed E-state index contributed by atoms with van der Waals surface area (Å²) in [6, 6.07) is 0. The smallest absolute Gasteiger partial charge is 0.152 e. The number of nitrogens with zero attached hydrogens (tertiary/aromatic N) is 2. The summed E-state index contributed by atoms with van der Waals surface area (Å²) in [5.74, 6) is 0.665. The zero-order valence-electron chi connectivity index (χ0n) is 8.98. The molecule has 5 nitrogen and oxygen atoms in total. The Bertz CT molecular complexity index is 284. The van der Waals surface area contributed by atoms with Crippen molar-refractivity contribution in [2.45, 2.75) is 0 Å². The third-order valence-electron chi connectivity index (χ3n) is 3.05. The summed E-state index contributed by atoms with van der Waals surface area (Å²) in [7, 11) is -2.73. The zero-order chi connectivity index (χ0) is 10.7. The Morgan fingerprint density at radius 3 is 2.07 bits per heavy atom. The molecule has 2 fully saturated rings. The molecule has 15 heavy (non-hydrogen) atoms. The van der Waals surface area contributed by atoms with Gasteiger partial charge in [-0.15, -0.1) is 0 Å². The maximum atomic E-state index is 11.2. The van der Waals surface area contributed by atoms with Crippen molar-refractivity contribution >= 4 is 9.84 Å². The number of nitrogens with one attached hydrogen (secondary N) is 1. The van der Waals surface area contributed by atoms with Gasteiger partial charge in [0.25, 0.3) is 0 Å². The standard InChI is InChI=1S/C9H19N3O2S/c13-15(14)7-5-12(6-8-15)9-11-3-1-10-2-4-11/h10H,1-9H2. The summed E-state index contributed by atoms with van der Waals surface area (Å²) in [4.78, 5) is 4.63. The fraction of sp³-hybridized carbons (Fsp3) is 1.00. The van der Waals surface area contributed by atoms with Crippen molar-refractivity contribution in [1.29, 1.82) is 0 Å². The quantitative estimate of drug-likeness (QED) is 0.634. The van der Waals surface area contributed by atoms with Crippen molar-refractivity contribution in [3.05, 3.63) is 0 Å². The summed E-state index contributed by atoms with van der Waals surface area (Å²) >= 11 is 0. The molecule has 1 N–H and O–H groups in total. The number of piperazine rings is 1. The molecule has 0 spiro atoms. The molecule has 88 valence electrons. The van der Waals surface area contributed by atoms with E-state index in [1.165, 1.54) is 0 Å². The second-order valence-electron chi connectivity index (χ2n) is 4.28. The first kappa shape index (κ1) is 11.3. The van der Waals surface area contributed by atoms with Gasteiger partial charge in [-0.2, -0.15) is 0 Å². The summed E-state index contributed by atoms with van der Waals surface area (Å²) in [6.45, 7) is 6.57. The van der Waals surface area contributed by atoms with Crippen molar-refractivity contribution < 1.29 is 8.42 Å². The van der Waals surface area contributed by atoms with Crippen molar-refractivity contribution in [2.24, 2.45) is 0 Å². The molecule has 0 atom stereocenters. The maximum Gasteiger partial charge on any atom is 0.152 e. The number of hydrogen-bond acceptors (Lipinski definition) is 5. The molecule has 0 aromatic carbocycles. The molecule has 0 bridgehead atoms. The Balaban J connectivity index is 1.76. The molecule has 0 radical (unpaired) electrons. The van der Waals surface area contributed by atoms with Gasteiger partial charge in [0, 0.05) is 39.3 Å². The Labute approximate surface area is 91.3 Å². The monoisotopic (exact) mass is 233 g/mol. The lowest BCUT2D eigenvalue weighted by Crippen LogP contribution is -2.51. The minimum absolute atomic E-state index is 0.332. The molecule has 0 aromatic rings. The molecule has 2 saturated heterocycles. The van der Waals surface area contributed by atoms with Gasteiger partial charge >= 0.3 is 0 Å². The van der Waals surface area contributed by atoms with Gasteiger partial charge in [-0.05, 0) is 0 Å². The summed E-state index contributed by atoms with van der Waals surface area (Å²) in [5.41, 5.74) is 0. The average molecular weight is 233 g/mol. The van der Waals surface area contributed by atoms with Crippen LogP contribution in [0.25, 0.3) is 0 Å². The Morgan fingerprint density at radius 1 is 0.933 bits per heavy atom. The molecule has 0 saturated carbocycles. The van der Waals surface area contributed by atoms with E-state index >= 15 is 0 Å². The highest BCUT2D eigenvalue weighted by molar-refractivity contribution is 7.91. The van der Waals surface area contributed by atoms with E-state index in [2.05, 4.69) is 15.1 Å². The number of hydrogen-bond donors (Lipinski definition) is 1. The molecule has 2 heterocycles. The van der Waals surface area contributed by atoms with Gasteiger partial charge < -0.3 is 5.32 Å². The van der Waals surface area contributed by atoms with Crippen LogP contribution in [-0.2, 0) is 9.84 Å². The van der Waals surface area contributed by atoms with E-state index in [1.807, 2.05) is 0 Å². The summed E-state index contributed by atoms with van der Waals surface area (Å²) < 4.78 is 22.5. The number of sulfone groups is 1. The molecule has 2 aliphatic rings. The van der Waals surface area contributed by atoms with E-state index in [-0.39, 0.29) is 0 Å². The van der Waals surface area contributed by atoms with Gasteiger partial charge in [-0.3, -0.25) is 9.80 Å². The van der Waals surface area contributed by atoms with Gasteiger partial charge in [-0.1, -0.05) is 0 Å². The maximum absolute atomic E-state index is 11.2. The van der Waals surface area contributed by atoms with Gasteiger partial charge in [0.1, 0.15) is 0 Å². The van der Waals surface area contributed by atoms with Crippen molar-refractivity contribution in [3.63, 3.8) is 0 Å². The molecule has 6 heteroatoms. The van der Waals surface area contributed by atoms with Crippen LogP contribution in [0.1, 0.15) is 0 Å². The van der Waals surface area contributed by atoms with Gasteiger partial charge in [0.05, 0.1) is 18.2 Å². The van der Waals surface area contributed by atoms with Gasteiger partial charge in [0.15, 0.2) is 9.84 Å². The van der Waals surface area contributed by atoms with Crippen LogP contribution < -0.4 is 5.32 Å². The normalized spacial score (nSPS) is 29.1. The van der Waals surface area contributed by atoms with Crippen molar-refractivity contribution in [2.75, 3.05) is 57.4 Å². The predicted molar refractivity (Wildman–Crippen MR) is 59.5 cm³/mol. The van der Waals surface area contributed by atoms with Crippen LogP contribution >= 0.6 is 0 Å². The molecular formula is C9H19N3O2S. The van der Waals surface area contributed by atoms with Crippen LogP contribution in [-0.4, -0.2) is 75.7 Å². The Morgan fingerprint density at radius 2 is 1.47 bits per heavy atom. The topological polar surface area (TPSA) is 52.7 Å². The summed E-state index contributed by atoms with van der Waals surface area (Å²) in [5, 5.41) is 3.31. The third-order valence-corrected chi connectivity index (χ3v) is 4.66. The highest BCUT2D eigenvalue weighted by atomic mass is 32.2. The van der Waals surface area contributed by atoms with Crippen LogP contribution in [0.15, 0.2) is 0 Å². The van der Waals surface area contributed by atoms with E-state index in [1.54, 1.807) is 0 Å². The lowest BCUT2D eigenvalue weighted by Gasteiger charge is -2.34. The van der Waals surface area contributed by atoms with Crippen LogP contribution in [0.4, 0.5) is 0 Å².